The van der Waals surface area contributed by atoms with Crippen LogP contribution >= 0.6 is 0 Å². The van der Waals surface area contributed by atoms with Crippen LogP contribution in [0.2, 0.25) is 0 Å². The van der Waals surface area contributed by atoms with E-state index in [0.717, 1.165) is 16.8 Å². The number of carbonyl (C=O) groups is 3. The third-order valence-corrected chi connectivity index (χ3v) is 3.39. The predicted octanol–water partition coefficient (Wildman–Crippen LogP) is 0.0359. The number of hydrogen-bond acceptors (Lipinski definition) is 4. The van der Waals surface area contributed by atoms with Gasteiger partial charge in [0.25, 0.3) is 0 Å². The second kappa shape index (κ2) is 8.89. The number of aryl methyl sites for hydroxylation is 2. The Hall–Kier alpha value is -2.41. The lowest BCUT2D eigenvalue weighted by Gasteiger charge is -2.18. The third kappa shape index (κ3) is 6.07. The summed E-state index contributed by atoms with van der Waals surface area (Å²) in [6, 6.07) is 5.76. The Morgan fingerprint density at radius 2 is 1.65 bits per heavy atom. The smallest absolute Gasteiger partial charge is 0.243 e. The maximum Gasteiger partial charge on any atom is 0.243 e. The first-order valence-electron chi connectivity index (χ1n) is 7.36. The summed E-state index contributed by atoms with van der Waals surface area (Å²) >= 11 is 0. The summed E-state index contributed by atoms with van der Waals surface area (Å²) in [6.45, 7) is 3.85. The Morgan fingerprint density at radius 3 is 2.22 bits per heavy atom. The molecule has 0 aliphatic heterocycles. The first-order valence-corrected chi connectivity index (χ1v) is 7.36. The first kappa shape index (κ1) is 18.6. The molecule has 0 saturated heterocycles. The van der Waals surface area contributed by atoms with Crippen LogP contribution in [0.15, 0.2) is 18.2 Å². The highest BCUT2D eigenvalue weighted by molar-refractivity contribution is 5.95. The SMILES string of the molecule is CNC(=O)CNCC(=O)N(C)CC(=O)Nc1c(C)cccc1C. The molecule has 1 rings (SSSR count). The van der Waals surface area contributed by atoms with Crippen molar-refractivity contribution in [2.45, 2.75) is 13.8 Å². The van der Waals surface area contributed by atoms with Crippen molar-refractivity contribution in [3.05, 3.63) is 29.3 Å². The van der Waals surface area contributed by atoms with Crippen LogP contribution < -0.4 is 16.0 Å². The monoisotopic (exact) mass is 320 g/mol. The molecule has 0 spiro atoms. The van der Waals surface area contributed by atoms with E-state index in [1.165, 1.54) is 11.9 Å². The lowest BCUT2D eigenvalue weighted by Crippen LogP contribution is -2.42. The van der Waals surface area contributed by atoms with Gasteiger partial charge in [-0.1, -0.05) is 18.2 Å². The molecule has 3 N–H and O–H groups in total. The number of rotatable bonds is 7. The molecule has 3 amide bonds. The van der Waals surface area contributed by atoms with Crippen LogP contribution in [0.5, 0.6) is 0 Å². The van der Waals surface area contributed by atoms with E-state index in [2.05, 4.69) is 16.0 Å². The zero-order chi connectivity index (χ0) is 17.4. The highest BCUT2D eigenvalue weighted by Gasteiger charge is 2.14. The lowest BCUT2D eigenvalue weighted by molar-refractivity contribution is -0.132. The van der Waals surface area contributed by atoms with E-state index in [1.54, 1.807) is 7.05 Å². The van der Waals surface area contributed by atoms with E-state index < -0.39 is 0 Å². The third-order valence-electron chi connectivity index (χ3n) is 3.39. The first-order chi connectivity index (χ1) is 10.8. The average Bonchev–Trinajstić information content (AvgIpc) is 2.50. The average molecular weight is 320 g/mol. The Bertz CT molecular complexity index is 566. The Morgan fingerprint density at radius 1 is 1.04 bits per heavy atom. The molecular formula is C16H24N4O3. The number of benzene rings is 1. The number of anilines is 1. The number of para-hydroxylation sites is 1. The van der Waals surface area contributed by atoms with Crippen LogP contribution in [0, 0.1) is 13.8 Å². The van der Waals surface area contributed by atoms with Crippen molar-refractivity contribution >= 4 is 23.4 Å². The summed E-state index contributed by atoms with van der Waals surface area (Å²) in [5.41, 5.74) is 2.72. The van der Waals surface area contributed by atoms with Gasteiger partial charge in [0.1, 0.15) is 0 Å². The van der Waals surface area contributed by atoms with Crippen molar-refractivity contribution in [1.29, 1.82) is 0 Å². The molecule has 1 aromatic carbocycles. The minimum atomic E-state index is -0.260. The molecule has 126 valence electrons. The van der Waals surface area contributed by atoms with E-state index in [4.69, 9.17) is 0 Å². The van der Waals surface area contributed by atoms with Crippen LogP contribution in [0.25, 0.3) is 0 Å². The van der Waals surface area contributed by atoms with Gasteiger partial charge in [-0.15, -0.1) is 0 Å². The van der Waals surface area contributed by atoms with Crippen LogP contribution in [0.1, 0.15) is 11.1 Å². The highest BCUT2D eigenvalue weighted by Crippen LogP contribution is 2.19. The highest BCUT2D eigenvalue weighted by atomic mass is 16.2. The summed E-state index contributed by atoms with van der Waals surface area (Å²) in [5.74, 6) is -0.719. The van der Waals surface area contributed by atoms with Gasteiger partial charge in [0.2, 0.25) is 17.7 Å². The van der Waals surface area contributed by atoms with Gasteiger partial charge in [0.15, 0.2) is 0 Å². The van der Waals surface area contributed by atoms with Crippen molar-refractivity contribution in [2.75, 3.05) is 39.0 Å². The summed E-state index contributed by atoms with van der Waals surface area (Å²) in [5, 5.41) is 8.00. The van der Waals surface area contributed by atoms with E-state index >= 15 is 0 Å². The minimum absolute atomic E-state index is 0.000588. The number of nitrogens with zero attached hydrogens (tertiary/aromatic N) is 1. The van der Waals surface area contributed by atoms with Crippen LogP contribution in [0.3, 0.4) is 0 Å². The minimum Gasteiger partial charge on any atom is -0.358 e. The molecule has 0 unspecified atom stereocenters. The van der Waals surface area contributed by atoms with Gasteiger partial charge in [-0.3, -0.25) is 19.7 Å². The molecule has 0 aliphatic rings. The molecule has 0 aromatic heterocycles. The molecule has 7 nitrogen and oxygen atoms in total. The standard InChI is InChI=1S/C16H24N4O3/c1-11-6-5-7-12(2)16(11)19-14(22)10-20(4)15(23)9-18-8-13(21)17-3/h5-7,18H,8-10H2,1-4H3,(H,17,21)(H,19,22). The maximum atomic E-state index is 12.1. The molecule has 1 aromatic rings. The summed E-state index contributed by atoms with van der Waals surface area (Å²) in [4.78, 5) is 36.3. The number of likely N-dealkylation sites (N-methyl/N-ethyl adjacent to an activating group) is 2. The van der Waals surface area contributed by atoms with Crippen molar-refractivity contribution in [2.24, 2.45) is 0 Å². The van der Waals surface area contributed by atoms with Crippen LogP contribution in [-0.2, 0) is 14.4 Å². The van der Waals surface area contributed by atoms with Gasteiger partial charge in [0, 0.05) is 19.8 Å². The Labute approximate surface area is 136 Å². The number of hydrogen-bond donors (Lipinski definition) is 3. The number of carbonyl (C=O) groups excluding carboxylic acids is 3. The molecule has 7 heteroatoms. The van der Waals surface area contributed by atoms with Gasteiger partial charge >= 0.3 is 0 Å². The predicted molar refractivity (Wildman–Crippen MR) is 89.1 cm³/mol. The van der Waals surface area contributed by atoms with E-state index in [0.29, 0.717) is 0 Å². The number of amides is 3. The molecule has 0 atom stereocenters. The molecule has 0 aliphatic carbocycles. The van der Waals surface area contributed by atoms with Crippen molar-refractivity contribution in [3.63, 3.8) is 0 Å². The fraction of sp³-hybridized carbons (Fsp3) is 0.438. The van der Waals surface area contributed by atoms with Gasteiger partial charge in [-0.05, 0) is 25.0 Å². The second-order valence-corrected chi connectivity index (χ2v) is 5.34. The van der Waals surface area contributed by atoms with E-state index in [1.807, 2.05) is 32.0 Å². The van der Waals surface area contributed by atoms with Gasteiger partial charge in [-0.2, -0.15) is 0 Å². The van der Waals surface area contributed by atoms with Gasteiger partial charge in [0.05, 0.1) is 19.6 Å². The summed E-state index contributed by atoms with van der Waals surface area (Å²) < 4.78 is 0. The van der Waals surface area contributed by atoms with E-state index in [9.17, 15) is 14.4 Å². The molecule has 0 fully saturated rings. The van der Waals surface area contributed by atoms with Gasteiger partial charge in [-0.25, -0.2) is 0 Å². The molecule has 23 heavy (non-hydrogen) atoms. The fourth-order valence-electron chi connectivity index (χ4n) is 2.00. The Kier molecular flexibility index (Phi) is 7.21. The maximum absolute atomic E-state index is 12.1. The largest absolute Gasteiger partial charge is 0.358 e. The lowest BCUT2D eigenvalue weighted by atomic mass is 10.1. The fourth-order valence-corrected chi connectivity index (χ4v) is 2.00. The van der Waals surface area contributed by atoms with Crippen molar-refractivity contribution in [1.82, 2.24) is 15.5 Å². The molecule has 0 radical (unpaired) electrons. The van der Waals surface area contributed by atoms with Crippen molar-refractivity contribution < 1.29 is 14.4 Å². The summed E-state index contributed by atoms with van der Waals surface area (Å²) in [7, 11) is 3.07. The molecular weight excluding hydrogens is 296 g/mol. The van der Waals surface area contributed by atoms with E-state index in [-0.39, 0.29) is 37.4 Å². The zero-order valence-electron chi connectivity index (χ0n) is 14.0. The topological polar surface area (TPSA) is 90.5 Å². The summed E-state index contributed by atoms with van der Waals surface area (Å²) in [6.07, 6.45) is 0. The Balaban J connectivity index is 2.47. The second-order valence-electron chi connectivity index (χ2n) is 5.34. The van der Waals surface area contributed by atoms with Crippen LogP contribution in [-0.4, -0.2) is 56.4 Å². The number of nitrogens with one attached hydrogen (secondary N) is 3. The zero-order valence-corrected chi connectivity index (χ0v) is 14.0. The normalized spacial score (nSPS) is 10.1. The van der Waals surface area contributed by atoms with Crippen LogP contribution in [0.4, 0.5) is 5.69 Å². The molecule has 0 saturated carbocycles. The van der Waals surface area contributed by atoms with Gasteiger partial charge < -0.3 is 15.5 Å². The molecule has 0 heterocycles. The molecule has 0 bridgehead atoms. The van der Waals surface area contributed by atoms with Crippen molar-refractivity contribution in [3.8, 4) is 0 Å². The quantitative estimate of drug-likeness (QED) is 0.661.